The number of aryl methyl sites for hydroxylation is 1. The monoisotopic (exact) mass is 636 g/mol. The fourth-order valence-electron chi connectivity index (χ4n) is 8.19. The van der Waals surface area contributed by atoms with Gasteiger partial charge >= 0.3 is 5.97 Å². The lowest BCUT2D eigenvalue weighted by atomic mass is 9.68. The van der Waals surface area contributed by atoms with E-state index in [4.69, 9.17) is 21.1 Å². The van der Waals surface area contributed by atoms with Crippen LogP contribution in [-0.2, 0) is 31.8 Å². The third kappa shape index (κ3) is 5.63. The Morgan fingerprint density at radius 3 is 2.76 bits per heavy atom. The summed E-state index contributed by atoms with van der Waals surface area (Å²) < 4.78 is 11.8. The SMILES string of the molecule is CC[C@@H]1C(=O)N(C)CC/C=C\[C@H](O)[C@@H]2CC[C@H]2CN2C[C@@]3(CCCc4cc(Cl)ccc43)COc3ccc(cc32)[C@@]1(O)C(=O)OC. The van der Waals surface area contributed by atoms with Gasteiger partial charge in [0.15, 0.2) is 5.60 Å². The minimum absolute atomic E-state index is 0.120. The summed E-state index contributed by atoms with van der Waals surface area (Å²) in [6.07, 6.45) is 8.88. The van der Waals surface area contributed by atoms with Crippen molar-refractivity contribution in [1.29, 1.82) is 0 Å². The number of fused-ring (bicyclic) bond motifs is 4. The lowest BCUT2D eigenvalue weighted by molar-refractivity contribution is -0.176. The number of hydrogen-bond donors (Lipinski definition) is 2. The van der Waals surface area contributed by atoms with Gasteiger partial charge in [-0.05, 0) is 97.7 Å². The van der Waals surface area contributed by atoms with Crippen LogP contribution >= 0.6 is 11.6 Å². The highest BCUT2D eigenvalue weighted by molar-refractivity contribution is 6.30. The Labute approximate surface area is 270 Å². The van der Waals surface area contributed by atoms with Gasteiger partial charge in [-0.2, -0.15) is 0 Å². The first kappa shape index (κ1) is 31.9. The molecule has 2 aliphatic heterocycles. The summed E-state index contributed by atoms with van der Waals surface area (Å²) in [5.74, 6) is -1.23. The van der Waals surface area contributed by atoms with Crippen molar-refractivity contribution < 1.29 is 29.3 Å². The molecule has 6 atom stereocenters. The van der Waals surface area contributed by atoms with E-state index in [1.54, 1.807) is 24.9 Å². The van der Waals surface area contributed by atoms with Crippen LogP contribution in [0.25, 0.3) is 0 Å². The molecule has 0 unspecified atom stereocenters. The van der Waals surface area contributed by atoms with Gasteiger partial charge in [0.1, 0.15) is 5.75 Å². The van der Waals surface area contributed by atoms with Crippen LogP contribution < -0.4 is 9.64 Å². The second-order valence-corrected chi connectivity index (χ2v) is 13.9. The average molecular weight is 637 g/mol. The first-order valence-corrected chi connectivity index (χ1v) is 16.7. The van der Waals surface area contributed by atoms with Gasteiger partial charge in [0.05, 0.1) is 31.4 Å². The Kier molecular flexibility index (Phi) is 8.94. The first-order chi connectivity index (χ1) is 21.6. The van der Waals surface area contributed by atoms with Gasteiger partial charge in [-0.15, -0.1) is 0 Å². The summed E-state index contributed by atoms with van der Waals surface area (Å²) in [5, 5.41) is 24.2. The molecule has 6 rings (SSSR count). The quantitative estimate of drug-likeness (QED) is 0.353. The average Bonchev–Trinajstić information content (AvgIpc) is 3.17. The molecule has 0 radical (unpaired) electrons. The van der Waals surface area contributed by atoms with E-state index in [1.165, 1.54) is 18.2 Å². The highest BCUT2D eigenvalue weighted by Crippen LogP contribution is 2.48. The highest BCUT2D eigenvalue weighted by Gasteiger charge is 2.51. The Hall–Kier alpha value is -3.07. The fraction of sp³-hybridized carbons (Fsp3) is 0.556. The maximum absolute atomic E-state index is 13.8. The molecule has 0 aromatic heterocycles. The number of aliphatic hydroxyl groups is 2. The van der Waals surface area contributed by atoms with Crippen molar-refractivity contribution >= 4 is 29.2 Å². The molecule has 2 aromatic rings. The number of benzene rings is 2. The van der Waals surface area contributed by atoms with E-state index < -0.39 is 23.6 Å². The van der Waals surface area contributed by atoms with E-state index in [2.05, 4.69) is 17.0 Å². The topological polar surface area (TPSA) is 99.5 Å². The first-order valence-electron chi connectivity index (χ1n) is 16.3. The summed E-state index contributed by atoms with van der Waals surface area (Å²) in [5.41, 5.74) is 1.08. The third-order valence-electron chi connectivity index (χ3n) is 10.9. The van der Waals surface area contributed by atoms with Crippen LogP contribution in [-0.4, -0.2) is 73.5 Å². The summed E-state index contributed by atoms with van der Waals surface area (Å²) in [6, 6.07) is 11.5. The van der Waals surface area contributed by atoms with Gasteiger partial charge in [-0.1, -0.05) is 42.8 Å². The molecular weight excluding hydrogens is 592 g/mol. The van der Waals surface area contributed by atoms with Crippen molar-refractivity contribution in [3.8, 4) is 5.75 Å². The van der Waals surface area contributed by atoms with Gasteiger partial charge in [-0.3, -0.25) is 4.79 Å². The minimum Gasteiger partial charge on any atom is -0.490 e. The minimum atomic E-state index is -2.20. The lowest BCUT2D eigenvalue weighted by Crippen LogP contribution is -2.51. The molecule has 2 N–H and O–H groups in total. The number of amides is 1. The summed E-state index contributed by atoms with van der Waals surface area (Å²) >= 11 is 6.43. The van der Waals surface area contributed by atoms with Gasteiger partial charge < -0.3 is 29.5 Å². The third-order valence-corrected chi connectivity index (χ3v) is 11.1. The molecule has 1 saturated carbocycles. The molecule has 1 fully saturated rings. The highest BCUT2D eigenvalue weighted by atomic mass is 35.5. The predicted octanol–water partition coefficient (Wildman–Crippen LogP) is 5.01. The van der Waals surface area contributed by atoms with Crippen molar-refractivity contribution in [1.82, 2.24) is 4.90 Å². The van der Waals surface area contributed by atoms with Crippen molar-refractivity contribution in [2.24, 2.45) is 17.8 Å². The molecular formula is C36H45ClN2O6. The van der Waals surface area contributed by atoms with E-state index in [1.807, 2.05) is 30.4 Å². The van der Waals surface area contributed by atoms with Crippen LogP contribution in [0.1, 0.15) is 62.1 Å². The number of carbonyl (C=O) groups is 2. The number of halogens is 1. The van der Waals surface area contributed by atoms with Crippen LogP contribution in [0.5, 0.6) is 5.75 Å². The standard InChI is InChI=1S/C36H45ClN2O6/c1-4-28-33(41)38(2)17-6-5-9-31(40)27-13-10-24(27)20-39-21-35(16-7-8-23-18-26(37)12-14-29(23)35)22-45-32-15-11-25(19-30(32)39)36(28,43)34(42)44-3/h5,9,11-12,14-15,18-19,24,27-28,31,40,43H,4,6-8,10,13,16-17,20-22H2,1-3H3/b9-5-/t24-,27+,28+,31-,35-,36-/m0/s1. The maximum atomic E-state index is 13.8. The van der Waals surface area contributed by atoms with E-state index in [0.29, 0.717) is 44.0 Å². The van der Waals surface area contributed by atoms with Crippen LogP contribution in [0, 0.1) is 17.8 Å². The van der Waals surface area contributed by atoms with Crippen molar-refractivity contribution in [2.75, 3.05) is 45.3 Å². The van der Waals surface area contributed by atoms with Gasteiger partial charge in [0.2, 0.25) is 5.91 Å². The second kappa shape index (κ2) is 12.6. The number of methoxy groups -OCH3 is 1. The molecule has 2 aromatic carbocycles. The van der Waals surface area contributed by atoms with Crippen molar-refractivity contribution in [3.63, 3.8) is 0 Å². The smallest absolute Gasteiger partial charge is 0.343 e. The van der Waals surface area contributed by atoms with Gasteiger partial charge in [0.25, 0.3) is 0 Å². The molecule has 8 nitrogen and oxygen atoms in total. The number of ether oxygens (including phenoxy) is 2. The van der Waals surface area contributed by atoms with Crippen LogP contribution in [0.4, 0.5) is 5.69 Å². The van der Waals surface area contributed by atoms with E-state index in [-0.39, 0.29) is 29.6 Å². The number of nitrogens with zero attached hydrogens (tertiary/aromatic N) is 2. The number of hydrogen-bond acceptors (Lipinski definition) is 7. The molecule has 2 aliphatic carbocycles. The Morgan fingerprint density at radius 1 is 1.20 bits per heavy atom. The van der Waals surface area contributed by atoms with Crippen LogP contribution in [0.3, 0.4) is 0 Å². The molecule has 2 heterocycles. The van der Waals surface area contributed by atoms with Crippen molar-refractivity contribution in [2.45, 2.75) is 69.0 Å². The Bertz CT molecular complexity index is 1480. The molecule has 0 saturated heterocycles. The fourth-order valence-corrected chi connectivity index (χ4v) is 8.39. The van der Waals surface area contributed by atoms with Gasteiger partial charge in [-0.25, -0.2) is 4.79 Å². The van der Waals surface area contributed by atoms with E-state index in [9.17, 15) is 19.8 Å². The number of carbonyl (C=O) groups excluding carboxylic acids is 2. The summed E-state index contributed by atoms with van der Waals surface area (Å²) in [6.45, 7) is 4.03. The lowest BCUT2D eigenvalue weighted by Gasteiger charge is -2.45. The number of aliphatic hydroxyl groups excluding tert-OH is 1. The molecule has 45 heavy (non-hydrogen) atoms. The maximum Gasteiger partial charge on any atom is 0.343 e. The van der Waals surface area contributed by atoms with Crippen molar-refractivity contribution in [3.05, 3.63) is 70.3 Å². The Morgan fingerprint density at radius 2 is 2.02 bits per heavy atom. The predicted molar refractivity (Wildman–Crippen MR) is 174 cm³/mol. The van der Waals surface area contributed by atoms with Crippen LogP contribution in [0.15, 0.2) is 48.6 Å². The van der Waals surface area contributed by atoms with E-state index >= 15 is 0 Å². The zero-order valence-electron chi connectivity index (χ0n) is 26.5. The largest absolute Gasteiger partial charge is 0.490 e. The molecule has 4 aliphatic rings. The number of esters is 1. The summed E-state index contributed by atoms with van der Waals surface area (Å²) in [4.78, 5) is 31.2. The zero-order chi connectivity index (χ0) is 31.9. The molecule has 9 heteroatoms. The van der Waals surface area contributed by atoms with Crippen LogP contribution in [0.2, 0.25) is 5.02 Å². The Balaban J connectivity index is 1.50. The number of anilines is 1. The molecule has 242 valence electrons. The van der Waals surface area contributed by atoms with E-state index in [0.717, 1.165) is 42.8 Å². The second-order valence-electron chi connectivity index (χ2n) is 13.5. The van der Waals surface area contributed by atoms with Gasteiger partial charge in [0, 0.05) is 37.1 Å². The normalized spacial score (nSPS) is 32.4. The molecule has 1 amide bonds. The zero-order valence-corrected chi connectivity index (χ0v) is 27.3. The molecule has 1 spiro atoms. The molecule has 2 bridgehead atoms. The summed E-state index contributed by atoms with van der Waals surface area (Å²) in [7, 11) is 2.92. The number of rotatable bonds is 2.